The van der Waals surface area contributed by atoms with Crippen molar-refractivity contribution in [1.29, 1.82) is 0 Å². The normalized spacial score (nSPS) is 13.8. The number of fused-ring (bicyclic) bond motifs is 1. The van der Waals surface area contributed by atoms with Crippen molar-refractivity contribution in [2.75, 3.05) is 11.9 Å². The first-order valence-corrected chi connectivity index (χ1v) is 7.84. The highest BCUT2D eigenvalue weighted by Crippen LogP contribution is 2.36. The molecule has 3 rings (SSSR count). The van der Waals surface area contributed by atoms with E-state index in [1.165, 1.54) is 0 Å². The number of carbonyl (C=O) groups is 1. The lowest BCUT2D eigenvalue weighted by atomic mass is 10.1. The van der Waals surface area contributed by atoms with Gasteiger partial charge in [-0.05, 0) is 35.5 Å². The standard InChI is InChI=1S/C18H16N2OS/c1-13(21)22-18-12-17(14-8-4-3-5-9-14)20(2)16-11-7-6-10-15(16)19-18/h3-12H,1-2H3. The average Bonchev–Trinajstić information content (AvgIpc) is 2.65. The highest BCUT2D eigenvalue weighted by molar-refractivity contribution is 8.26. The van der Waals surface area contributed by atoms with Gasteiger partial charge < -0.3 is 4.90 Å². The molecule has 2 aromatic carbocycles. The Morgan fingerprint density at radius 2 is 1.73 bits per heavy atom. The van der Waals surface area contributed by atoms with E-state index in [2.05, 4.69) is 22.0 Å². The third-order valence-corrected chi connectivity index (χ3v) is 4.12. The van der Waals surface area contributed by atoms with Gasteiger partial charge in [-0.25, -0.2) is 4.99 Å². The Bertz CT molecular complexity index is 766. The lowest BCUT2D eigenvalue weighted by Gasteiger charge is -2.23. The Morgan fingerprint density at radius 1 is 1.05 bits per heavy atom. The first-order chi connectivity index (χ1) is 10.6. The zero-order chi connectivity index (χ0) is 15.5. The fourth-order valence-electron chi connectivity index (χ4n) is 2.42. The second kappa shape index (κ2) is 6.20. The Hall–Kier alpha value is -2.33. The van der Waals surface area contributed by atoms with Gasteiger partial charge in [0.2, 0.25) is 0 Å². The molecule has 0 atom stereocenters. The number of anilines is 1. The van der Waals surface area contributed by atoms with Gasteiger partial charge in [-0.15, -0.1) is 0 Å². The van der Waals surface area contributed by atoms with E-state index in [0.717, 1.165) is 34.4 Å². The quantitative estimate of drug-likeness (QED) is 0.778. The van der Waals surface area contributed by atoms with Crippen LogP contribution in [0.2, 0.25) is 0 Å². The van der Waals surface area contributed by atoms with Gasteiger partial charge >= 0.3 is 0 Å². The molecule has 1 heterocycles. The van der Waals surface area contributed by atoms with Crippen molar-refractivity contribution in [2.24, 2.45) is 4.99 Å². The maximum atomic E-state index is 11.5. The Kier molecular flexibility index (Phi) is 4.11. The van der Waals surface area contributed by atoms with E-state index in [1.54, 1.807) is 6.92 Å². The van der Waals surface area contributed by atoms with Crippen LogP contribution in [0.5, 0.6) is 0 Å². The fourth-order valence-corrected chi connectivity index (χ4v) is 3.03. The topological polar surface area (TPSA) is 32.7 Å². The van der Waals surface area contributed by atoms with Gasteiger partial charge in [-0.2, -0.15) is 0 Å². The minimum atomic E-state index is 0.0319. The van der Waals surface area contributed by atoms with Crippen molar-refractivity contribution in [3.8, 4) is 0 Å². The minimum absolute atomic E-state index is 0.0319. The lowest BCUT2D eigenvalue weighted by Crippen LogP contribution is -2.15. The van der Waals surface area contributed by atoms with Crippen LogP contribution in [0.3, 0.4) is 0 Å². The summed E-state index contributed by atoms with van der Waals surface area (Å²) < 4.78 is 0. The number of aliphatic imine (C=N–C) groups is 1. The number of para-hydroxylation sites is 2. The molecule has 110 valence electrons. The van der Waals surface area contributed by atoms with Gasteiger partial charge in [-0.1, -0.05) is 42.5 Å². The summed E-state index contributed by atoms with van der Waals surface area (Å²) in [6.45, 7) is 1.56. The summed E-state index contributed by atoms with van der Waals surface area (Å²) in [6.07, 6.45) is 1.97. The summed E-state index contributed by atoms with van der Waals surface area (Å²) in [6, 6.07) is 18.1. The zero-order valence-electron chi connectivity index (χ0n) is 12.5. The highest BCUT2D eigenvalue weighted by Gasteiger charge is 2.18. The first kappa shape index (κ1) is 14.6. The molecule has 0 saturated carbocycles. The van der Waals surface area contributed by atoms with Crippen LogP contribution in [-0.4, -0.2) is 17.2 Å². The van der Waals surface area contributed by atoms with Crippen molar-refractivity contribution >= 4 is 39.0 Å². The molecule has 0 bridgehead atoms. The fraction of sp³-hybridized carbons (Fsp3) is 0.111. The molecule has 0 saturated heterocycles. The van der Waals surface area contributed by atoms with Gasteiger partial charge in [0.15, 0.2) is 5.12 Å². The molecular weight excluding hydrogens is 292 g/mol. The van der Waals surface area contributed by atoms with E-state index in [9.17, 15) is 4.79 Å². The van der Waals surface area contributed by atoms with Crippen LogP contribution in [0.1, 0.15) is 12.5 Å². The number of benzene rings is 2. The molecule has 0 radical (unpaired) electrons. The molecule has 1 aliphatic rings. The van der Waals surface area contributed by atoms with Crippen LogP contribution in [0, 0.1) is 0 Å². The molecule has 0 unspecified atom stereocenters. The van der Waals surface area contributed by atoms with Crippen molar-refractivity contribution in [3.05, 3.63) is 66.2 Å². The number of hydrogen-bond acceptors (Lipinski definition) is 4. The average molecular weight is 308 g/mol. The third-order valence-electron chi connectivity index (χ3n) is 3.41. The summed E-state index contributed by atoms with van der Waals surface area (Å²) >= 11 is 1.16. The third kappa shape index (κ3) is 2.97. The van der Waals surface area contributed by atoms with E-state index in [1.807, 2.05) is 55.6 Å². The number of rotatable bonds is 1. The summed E-state index contributed by atoms with van der Waals surface area (Å²) in [7, 11) is 2.02. The molecule has 3 nitrogen and oxygen atoms in total. The Balaban J connectivity index is 2.15. The molecule has 0 spiro atoms. The number of nitrogens with zero attached hydrogens (tertiary/aromatic N) is 2. The van der Waals surface area contributed by atoms with Crippen LogP contribution >= 0.6 is 11.8 Å². The largest absolute Gasteiger partial charge is 0.342 e. The summed E-state index contributed by atoms with van der Waals surface area (Å²) in [5.41, 5.74) is 4.02. The van der Waals surface area contributed by atoms with Gasteiger partial charge in [0, 0.05) is 14.0 Å². The molecule has 2 aromatic rings. The summed E-state index contributed by atoms with van der Waals surface area (Å²) in [5.74, 6) is 0. The predicted molar refractivity (Wildman–Crippen MR) is 94.6 cm³/mol. The van der Waals surface area contributed by atoms with Crippen molar-refractivity contribution in [1.82, 2.24) is 0 Å². The lowest BCUT2D eigenvalue weighted by molar-refractivity contribution is -0.109. The molecule has 0 aliphatic carbocycles. The van der Waals surface area contributed by atoms with Crippen LogP contribution in [0.4, 0.5) is 11.4 Å². The van der Waals surface area contributed by atoms with E-state index in [-0.39, 0.29) is 5.12 Å². The van der Waals surface area contributed by atoms with Crippen molar-refractivity contribution in [2.45, 2.75) is 6.92 Å². The number of thioether (sulfide) groups is 1. The molecular formula is C18H16N2OS. The van der Waals surface area contributed by atoms with Crippen molar-refractivity contribution < 1.29 is 4.79 Å². The van der Waals surface area contributed by atoms with Gasteiger partial charge in [0.1, 0.15) is 5.04 Å². The molecule has 0 fully saturated rings. The SMILES string of the molecule is CC(=O)SC1=Nc2ccccc2N(C)C(c2ccccc2)=C1. The van der Waals surface area contributed by atoms with E-state index >= 15 is 0 Å². The van der Waals surface area contributed by atoms with E-state index in [0.29, 0.717) is 5.04 Å². The van der Waals surface area contributed by atoms with Crippen LogP contribution in [-0.2, 0) is 4.79 Å². The number of hydrogen-bond donors (Lipinski definition) is 0. The summed E-state index contributed by atoms with van der Waals surface area (Å²) in [5, 5.41) is 0.743. The molecule has 0 N–H and O–H groups in total. The van der Waals surface area contributed by atoms with Crippen LogP contribution in [0.15, 0.2) is 65.7 Å². The van der Waals surface area contributed by atoms with Gasteiger partial charge in [-0.3, -0.25) is 4.79 Å². The molecule has 1 aliphatic heterocycles. The number of carbonyl (C=O) groups excluding carboxylic acids is 1. The Labute approximate surface area is 134 Å². The van der Waals surface area contributed by atoms with Crippen LogP contribution in [0.25, 0.3) is 5.70 Å². The molecule has 0 aromatic heterocycles. The molecule has 0 amide bonds. The second-order valence-electron chi connectivity index (χ2n) is 4.99. The minimum Gasteiger partial charge on any atom is -0.342 e. The smallest absolute Gasteiger partial charge is 0.192 e. The van der Waals surface area contributed by atoms with Crippen molar-refractivity contribution in [3.63, 3.8) is 0 Å². The van der Waals surface area contributed by atoms with Gasteiger partial charge in [0.25, 0.3) is 0 Å². The maximum Gasteiger partial charge on any atom is 0.192 e. The first-order valence-electron chi connectivity index (χ1n) is 7.02. The second-order valence-corrected chi connectivity index (χ2v) is 6.18. The highest BCUT2D eigenvalue weighted by atomic mass is 32.2. The monoisotopic (exact) mass is 308 g/mol. The maximum absolute atomic E-state index is 11.5. The van der Waals surface area contributed by atoms with Crippen LogP contribution < -0.4 is 4.90 Å². The van der Waals surface area contributed by atoms with E-state index < -0.39 is 0 Å². The Morgan fingerprint density at radius 3 is 2.45 bits per heavy atom. The van der Waals surface area contributed by atoms with E-state index in [4.69, 9.17) is 0 Å². The summed E-state index contributed by atoms with van der Waals surface area (Å²) in [4.78, 5) is 18.3. The van der Waals surface area contributed by atoms with Gasteiger partial charge in [0.05, 0.1) is 17.1 Å². The molecule has 22 heavy (non-hydrogen) atoms. The predicted octanol–water partition coefficient (Wildman–Crippen LogP) is 4.49. The molecule has 4 heteroatoms. The zero-order valence-corrected chi connectivity index (χ0v) is 13.3.